The van der Waals surface area contributed by atoms with Crippen molar-refractivity contribution >= 4 is 23.9 Å². The van der Waals surface area contributed by atoms with E-state index in [0.29, 0.717) is 16.5 Å². The number of carbonyl (C=O) groups excluding carboxylic acids is 1. The molecule has 0 radical (unpaired) electrons. The molecule has 0 atom stereocenters. The third kappa shape index (κ3) is 4.96. The fourth-order valence-electron chi connectivity index (χ4n) is 2.79. The molecule has 0 aliphatic heterocycles. The normalized spacial score (nSPS) is 11.0. The number of phenols is 1. The first-order valence-corrected chi connectivity index (χ1v) is 10.3. The Morgan fingerprint density at radius 2 is 1.77 bits per heavy atom. The Morgan fingerprint density at radius 1 is 1.03 bits per heavy atom. The van der Waals surface area contributed by atoms with Crippen LogP contribution in [0.3, 0.4) is 0 Å². The molecular formula is C22H18N6O2S. The number of thioether (sulfide) groups is 1. The molecule has 0 aliphatic rings. The van der Waals surface area contributed by atoms with E-state index < -0.39 is 0 Å². The summed E-state index contributed by atoms with van der Waals surface area (Å²) < 4.78 is 1.90. The van der Waals surface area contributed by atoms with Crippen molar-refractivity contribution in [2.45, 2.75) is 5.16 Å². The lowest BCUT2D eigenvalue weighted by Crippen LogP contribution is -2.20. The van der Waals surface area contributed by atoms with Gasteiger partial charge in [0.05, 0.1) is 12.0 Å². The van der Waals surface area contributed by atoms with Crippen molar-refractivity contribution in [3.05, 3.63) is 84.7 Å². The number of rotatable bonds is 7. The van der Waals surface area contributed by atoms with E-state index in [0.717, 1.165) is 11.3 Å². The lowest BCUT2D eigenvalue weighted by Gasteiger charge is -2.10. The molecule has 0 saturated heterocycles. The summed E-state index contributed by atoms with van der Waals surface area (Å²) in [6.45, 7) is 0. The minimum Gasteiger partial charge on any atom is -0.507 e. The van der Waals surface area contributed by atoms with Crippen LogP contribution in [-0.4, -0.2) is 42.7 Å². The van der Waals surface area contributed by atoms with Gasteiger partial charge in [-0.15, -0.1) is 10.2 Å². The maximum atomic E-state index is 12.2. The van der Waals surface area contributed by atoms with Crippen LogP contribution < -0.4 is 5.43 Å². The van der Waals surface area contributed by atoms with Gasteiger partial charge in [-0.25, -0.2) is 5.43 Å². The van der Waals surface area contributed by atoms with Crippen molar-refractivity contribution in [1.29, 1.82) is 0 Å². The number of hydrazone groups is 1. The van der Waals surface area contributed by atoms with Gasteiger partial charge in [-0.05, 0) is 36.4 Å². The van der Waals surface area contributed by atoms with Crippen LogP contribution in [0.2, 0.25) is 0 Å². The SMILES string of the molecule is O=C(CSc1nnc(-c2ccncc2)n1-c1ccccc1)NN=Cc1ccccc1O. The molecule has 0 fully saturated rings. The number of pyridine rings is 1. The minimum absolute atomic E-state index is 0.0921. The zero-order valence-corrected chi connectivity index (χ0v) is 17.1. The predicted octanol–water partition coefficient (Wildman–Crippen LogP) is 3.28. The first-order chi connectivity index (χ1) is 15.2. The van der Waals surface area contributed by atoms with Crippen LogP contribution in [0.4, 0.5) is 0 Å². The molecule has 8 nitrogen and oxygen atoms in total. The van der Waals surface area contributed by atoms with Crippen molar-refractivity contribution in [3.63, 3.8) is 0 Å². The first kappa shape index (κ1) is 20.3. The van der Waals surface area contributed by atoms with Gasteiger partial charge < -0.3 is 5.11 Å². The van der Waals surface area contributed by atoms with E-state index in [1.807, 2.05) is 47.0 Å². The molecule has 9 heteroatoms. The topological polar surface area (TPSA) is 105 Å². The molecule has 0 unspecified atom stereocenters. The quantitative estimate of drug-likeness (QED) is 0.265. The second-order valence-electron chi connectivity index (χ2n) is 6.35. The largest absolute Gasteiger partial charge is 0.507 e. The number of para-hydroxylation sites is 2. The van der Waals surface area contributed by atoms with E-state index in [4.69, 9.17) is 0 Å². The Bertz CT molecular complexity index is 1200. The lowest BCUT2D eigenvalue weighted by atomic mass is 10.2. The number of aromatic hydroxyl groups is 1. The Kier molecular flexibility index (Phi) is 6.34. The second-order valence-corrected chi connectivity index (χ2v) is 7.30. The highest BCUT2D eigenvalue weighted by Gasteiger charge is 2.17. The molecule has 2 N–H and O–H groups in total. The molecule has 154 valence electrons. The van der Waals surface area contributed by atoms with E-state index in [-0.39, 0.29) is 17.4 Å². The summed E-state index contributed by atoms with van der Waals surface area (Å²) in [5.41, 5.74) is 4.73. The monoisotopic (exact) mass is 430 g/mol. The fraction of sp³-hybridized carbons (Fsp3) is 0.0455. The van der Waals surface area contributed by atoms with E-state index in [1.54, 1.807) is 36.7 Å². The Hall–Kier alpha value is -3.98. The number of hydrogen-bond acceptors (Lipinski definition) is 7. The third-order valence-corrected chi connectivity index (χ3v) is 5.18. The molecule has 2 heterocycles. The number of benzene rings is 2. The summed E-state index contributed by atoms with van der Waals surface area (Å²) in [7, 11) is 0. The summed E-state index contributed by atoms with van der Waals surface area (Å²) >= 11 is 1.25. The number of aromatic nitrogens is 4. The number of nitrogens with one attached hydrogen (secondary N) is 1. The van der Waals surface area contributed by atoms with Crippen molar-refractivity contribution in [2.75, 3.05) is 5.75 Å². The van der Waals surface area contributed by atoms with Crippen LogP contribution >= 0.6 is 11.8 Å². The molecule has 0 spiro atoms. The summed E-state index contributed by atoms with van der Waals surface area (Å²) in [6.07, 6.45) is 4.79. The van der Waals surface area contributed by atoms with E-state index >= 15 is 0 Å². The molecular weight excluding hydrogens is 412 g/mol. The van der Waals surface area contributed by atoms with Gasteiger partial charge in [0, 0.05) is 29.2 Å². The van der Waals surface area contributed by atoms with Crippen LogP contribution in [-0.2, 0) is 4.79 Å². The maximum Gasteiger partial charge on any atom is 0.250 e. The van der Waals surface area contributed by atoms with Crippen LogP contribution in [0.15, 0.2) is 89.4 Å². The highest BCUT2D eigenvalue weighted by Crippen LogP contribution is 2.27. The number of hydrogen-bond donors (Lipinski definition) is 2. The van der Waals surface area contributed by atoms with Crippen molar-refractivity contribution in [1.82, 2.24) is 25.2 Å². The number of nitrogens with zero attached hydrogens (tertiary/aromatic N) is 5. The summed E-state index contributed by atoms with van der Waals surface area (Å²) in [4.78, 5) is 16.3. The van der Waals surface area contributed by atoms with E-state index in [2.05, 4.69) is 25.7 Å². The molecule has 0 bridgehead atoms. The number of amides is 1. The molecule has 2 aromatic heterocycles. The van der Waals surface area contributed by atoms with Gasteiger partial charge in [-0.2, -0.15) is 5.10 Å². The molecule has 2 aromatic carbocycles. The molecule has 0 saturated carbocycles. The van der Waals surface area contributed by atoms with Gasteiger partial charge in [-0.1, -0.05) is 42.1 Å². The Labute approximate surface area is 182 Å². The first-order valence-electron chi connectivity index (χ1n) is 9.36. The highest BCUT2D eigenvalue weighted by molar-refractivity contribution is 7.99. The summed E-state index contributed by atoms with van der Waals surface area (Å²) in [5.74, 6) is 0.549. The molecule has 31 heavy (non-hydrogen) atoms. The van der Waals surface area contributed by atoms with Crippen LogP contribution in [0.5, 0.6) is 5.75 Å². The third-order valence-electron chi connectivity index (χ3n) is 4.25. The van der Waals surface area contributed by atoms with E-state index in [1.165, 1.54) is 18.0 Å². The standard InChI is InChI=1S/C22H18N6O2S/c29-19-9-5-4-6-17(19)14-24-25-20(30)15-31-22-27-26-21(16-10-12-23-13-11-16)28(22)18-7-2-1-3-8-18/h1-14,29H,15H2,(H,25,30). The van der Waals surface area contributed by atoms with Gasteiger partial charge >= 0.3 is 0 Å². The summed E-state index contributed by atoms with van der Waals surface area (Å²) in [5, 5.41) is 22.8. The van der Waals surface area contributed by atoms with E-state index in [9.17, 15) is 9.90 Å². The molecule has 0 aliphatic carbocycles. The predicted molar refractivity (Wildman–Crippen MR) is 119 cm³/mol. The van der Waals surface area contributed by atoms with Crippen molar-refractivity contribution in [3.8, 4) is 22.8 Å². The highest BCUT2D eigenvalue weighted by atomic mass is 32.2. The van der Waals surface area contributed by atoms with Gasteiger partial charge in [0.25, 0.3) is 5.91 Å². The van der Waals surface area contributed by atoms with Crippen LogP contribution in [0, 0.1) is 0 Å². The lowest BCUT2D eigenvalue weighted by molar-refractivity contribution is -0.118. The Balaban J connectivity index is 1.49. The van der Waals surface area contributed by atoms with Gasteiger partial charge in [-0.3, -0.25) is 14.3 Å². The number of phenolic OH excluding ortho intramolecular Hbond substituents is 1. The molecule has 4 rings (SSSR count). The van der Waals surface area contributed by atoms with Crippen LogP contribution in [0.1, 0.15) is 5.56 Å². The maximum absolute atomic E-state index is 12.2. The molecule has 1 amide bonds. The zero-order chi connectivity index (χ0) is 21.5. The van der Waals surface area contributed by atoms with Crippen molar-refractivity contribution in [2.24, 2.45) is 5.10 Å². The number of carbonyl (C=O) groups is 1. The minimum atomic E-state index is -0.301. The van der Waals surface area contributed by atoms with Crippen molar-refractivity contribution < 1.29 is 9.90 Å². The van der Waals surface area contributed by atoms with Crippen LogP contribution in [0.25, 0.3) is 17.1 Å². The average Bonchev–Trinajstić information content (AvgIpc) is 3.24. The second kappa shape index (κ2) is 9.68. The summed E-state index contributed by atoms with van der Waals surface area (Å²) in [6, 6.07) is 20.2. The average molecular weight is 430 g/mol. The van der Waals surface area contributed by atoms with Gasteiger partial charge in [0.1, 0.15) is 5.75 Å². The van der Waals surface area contributed by atoms with Gasteiger partial charge in [0.15, 0.2) is 11.0 Å². The molecule has 4 aromatic rings. The Morgan fingerprint density at radius 3 is 2.55 bits per heavy atom. The fourth-order valence-corrected chi connectivity index (χ4v) is 3.54. The van der Waals surface area contributed by atoms with Gasteiger partial charge in [0.2, 0.25) is 0 Å². The smallest absolute Gasteiger partial charge is 0.250 e. The zero-order valence-electron chi connectivity index (χ0n) is 16.3.